The van der Waals surface area contributed by atoms with Gasteiger partial charge >= 0.3 is 0 Å². The number of rotatable bonds is 4. The third kappa shape index (κ3) is 3.96. The number of hydrogen-bond donors (Lipinski definition) is 1. The summed E-state index contributed by atoms with van der Waals surface area (Å²) in [5.41, 5.74) is -0.0540. The van der Waals surface area contributed by atoms with Crippen LogP contribution in [0.4, 0.5) is 5.82 Å². The number of nitrogens with one attached hydrogen (secondary N) is 1. The lowest BCUT2D eigenvalue weighted by Crippen LogP contribution is -2.58. The molecule has 0 unspecified atom stereocenters. The van der Waals surface area contributed by atoms with Crippen molar-refractivity contribution >= 4 is 33.6 Å². The molecule has 2 amide bonds. The topological polar surface area (TPSA) is 65.5 Å². The maximum absolute atomic E-state index is 13.5. The first-order chi connectivity index (χ1) is 14.0. The quantitative estimate of drug-likeness (QED) is 0.749. The van der Waals surface area contributed by atoms with E-state index >= 15 is 0 Å². The summed E-state index contributed by atoms with van der Waals surface area (Å²) < 4.78 is 0.885. The third-order valence-electron chi connectivity index (χ3n) is 7.51. The van der Waals surface area contributed by atoms with Crippen LogP contribution in [-0.4, -0.2) is 59.3 Å². The average Bonchev–Trinajstić information content (AvgIpc) is 2.69. The molecule has 6 rings (SSSR count). The Morgan fingerprint density at radius 2 is 1.66 bits per heavy atom. The minimum absolute atomic E-state index is 0.0540. The molecule has 2 heterocycles. The number of hydrogen-bond acceptors (Lipinski definition) is 4. The molecule has 7 heteroatoms. The molecule has 1 aromatic rings. The Bertz CT molecular complexity index is 753. The lowest BCUT2D eigenvalue weighted by Gasteiger charge is -2.57. The van der Waals surface area contributed by atoms with Gasteiger partial charge in [0, 0.05) is 36.8 Å². The minimum Gasteiger partial charge on any atom is -0.340 e. The van der Waals surface area contributed by atoms with Gasteiger partial charge in [0.05, 0.1) is 12.0 Å². The molecule has 0 atom stereocenters. The number of nitrogens with zero attached hydrogens (tertiary/aromatic N) is 3. The largest absolute Gasteiger partial charge is 0.340 e. The van der Waals surface area contributed by atoms with E-state index in [9.17, 15) is 9.59 Å². The summed E-state index contributed by atoms with van der Waals surface area (Å²) in [6, 6.07) is 3.64. The number of piperazine rings is 1. The van der Waals surface area contributed by atoms with Crippen molar-refractivity contribution < 1.29 is 9.59 Å². The second kappa shape index (κ2) is 7.65. The molecule has 4 aliphatic carbocycles. The fraction of sp³-hybridized carbons (Fsp3) is 0.682. The number of halogens is 1. The van der Waals surface area contributed by atoms with Crippen LogP contribution < -0.4 is 5.32 Å². The highest BCUT2D eigenvalue weighted by molar-refractivity contribution is 9.10. The van der Waals surface area contributed by atoms with Crippen LogP contribution in [0.25, 0.3) is 0 Å². The van der Waals surface area contributed by atoms with E-state index in [1.165, 1.54) is 19.3 Å². The Labute approximate surface area is 180 Å². The van der Waals surface area contributed by atoms with Gasteiger partial charge in [-0.15, -0.1) is 0 Å². The van der Waals surface area contributed by atoms with Gasteiger partial charge in [-0.2, -0.15) is 0 Å². The fourth-order valence-corrected chi connectivity index (χ4v) is 6.89. The van der Waals surface area contributed by atoms with Crippen LogP contribution >= 0.6 is 15.9 Å². The molecule has 1 saturated heterocycles. The van der Waals surface area contributed by atoms with Crippen molar-refractivity contribution in [3.05, 3.63) is 22.8 Å². The van der Waals surface area contributed by atoms with Crippen molar-refractivity contribution in [3.8, 4) is 0 Å². The van der Waals surface area contributed by atoms with Crippen molar-refractivity contribution in [1.82, 2.24) is 14.8 Å². The third-order valence-corrected chi connectivity index (χ3v) is 7.98. The monoisotopic (exact) mass is 460 g/mol. The molecule has 1 aromatic heterocycles. The zero-order valence-electron chi connectivity index (χ0n) is 16.8. The molecule has 0 radical (unpaired) electrons. The van der Waals surface area contributed by atoms with Crippen molar-refractivity contribution in [3.63, 3.8) is 0 Å². The molecular formula is C22H29BrN4O2. The molecule has 156 valence electrons. The average molecular weight is 461 g/mol. The van der Waals surface area contributed by atoms with Crippen molar-refractivity contribution in [2.45, 2.75) is 38.5 Å². The molecule has 29 heavy (non-hydrogen) atoms. The first-order valence-corrected chi connectivity index (χ1v) is 11.7. The van der Waals surface area contributed by atoms with E-state index in [2.05, 4.69) is 36.0 Å². The lowest BCUT2D eigenvalue weighted by molar-refractivity contribution is -0.159. The van der Waals surface area contributed by atoms with Gasteiger partial charge < -0.3 is 10.2 Å². The molecule has 6 nitrogen and oxygen atoms in total. The van der Waals surface area contributed by atoms with Crippen LogP contribution in [0.3, 0.4) is 0 Å². The summed E-state index contributed by atoms with van der Waals surface area (Å²) in [5.74, 6) is 3.31. The van der Waals surface area contributed by atoms with E-state index in [1.54, 1.807) is 12.3 Å². The summed E-state index contributed by atoms with van der Waals surface area (Å²) in [7, 11) is 0. The Hall–Kier alpha value is -1.47. The maximum Gasteiger partial charge on any atom is 0.239 e. The maximum atomic E-state index is 13.5. The van der Waals surface area contributed by atoms with E-state index in [0.717, 1.165) is 67.7 Å². The fourth-order valence-electron chi connectivity index (χ4n) is 6.65. The van der Waals surface area contributed by atoms with E-state index < -0.39 is 0 Å². The second-order valence-corrected chi connectivity index (χ2v) is 10.6. The summed E-state index contributed by atoms with van der Waals surface area (Å²) in [5, 5.41) is 2.85. The molecule has 5 fully saturated rings. The Morgan fingerprint density at radius 3 is 2.21 bits per heavy atom. The van der Waals surface area contributed by atoms with E-state index in [1.807, 2.05) is 6.07 Å². The highest BCUT2D eigenvalue weighted by atomic mass is 79.9. The first-order valence-electron chi connectivity index (χ1n) is 10.9. The van der Waals surface area contributed by atoms with Crippen LogP contribution in [0.5, 0.6) is 0 Å². The molecule has 0 spiro atoms. The number of anilines is 1. The van der Waals surface area contributed by atoms with Gasteiger partial charge in [-0.05, 0) is 84.3 Å². The molecule has 5 aliphatic rings. The normalized spacial score (nSPS) is 33.7. The van der Waals surface area contributed by atoms with Gasteiger partial charge in [-0.1, -0.05) is 0 Å². The Balaban J connectivity index is 1.13. The molecule has 1 N–H and O–H groups in total. The van der Waals surface area contributed by atoms with Crippen LogP contribution in [0.15, 0.2) is 22.8 Å². The van der Waals surface area contributed by atoms with Gasteiger partial charge in [0.15, 0.2) is 0 Å². The summed E-state index contributed by atoms with van der Waals surface area (Å²) in [6.07, 6.45) is 9.14. The second-order valence-electron chi connectivity index (χ2n) is 9.68. The lowest BCUT2D eigenvalue weighted by atomic mass is 9.49. The Kier molecular flexibility index (Phi) is 5.14. The highest BCUT2D eigenvalue weighted by Crippen LogP contribution is 2.60. The number of carbonyl (C=O) groups excluding carboxylic acids is 2. The first kappa shape index (κ1) is 19.5. The molecule has 4 bridgehead atoms. The van der Waals surface area contributed by atoms with E-state index in [-0.39, 0.29) is 11.3 Å². The van der Waals surface area contributed by atoms with Gasteiger partial charge in [-0.25, -0.2) is 4.98 Å². The highest BCUT2D eigenvalue weighted by Gasteiger charge is 2.55. The zero-order valence-corrected chi connectivity index (χ0v) is 18.4. The number of pyridine rings is 1. The van der Waals surface area contributed by atoms with Crippen molar-refractivity contribution in [2.75, 3.05) is 38.0 Å². The standard InChI is InChI=1S/C22H29BrN4O2/c23-18-1-2-19(24-13-18)25-20(28)14-26-3-5-27(6-4-26)21(29)22-10-15-7-16(11-22)9-17(8-15)12-22/h1-2,13,15-17H,3-12,14H2,(H,24,25,28). The molecule has 1 aliphatic heterocycles. The zero-order chi connectivity index (χ0) is 20.0. The summed E-state index contributed by atoms with van der Waals surface area (Å²) >= 11 is 3.34. The number of amides is 2. The molecular weight excluding hydrogens is 432 g/mol. The number of aromatic nitrogens is 1. The van der Waals surface area contributed by atoms with Gasteiger partial charge in [0.25, 0.3) is 0 Å². The van der Waals surface area contributed by atoms with Crippen LogP contribution in [-0.2, 0) is 9.59 Å². The molecule has 0 aromatic carbocycles. The van der Waals surface area contributed by atoms with Crippen LogP contribution in [0, 0.1) is 23.2 Å². The Morgan fingerprint density at radius 1 is 1.03 bits per heavy atom. The van der Waals surface area contributed by atoms with Gasteiger partial charge in [0.2, 0.25) is 11.8 Å². The predicted octanol–water partition coefficient (Wildman–Crippen LogP) is 3.14. The predicted molar refractivity (Wildman–Crippen MR) is 114 cm³/mol. The minimum atomic E-state index is -0.0549. The van der Waals surface area contributed by atoms with Gasteiger partial charge in [-0.3, -0.25) is 14.5 Å². The van der Waals surface area contributed by atoms with Gasteiger partial charge in [0.1, 0.15) is 5.82 Å². The molecule has 4 saturated carbocycles. The number of carbonyl (C=O) groups is 2. The summed E-state index contributed by atoms with van der Waals surface area (Å²) in [6.45, 7) is 3.35. The smallest absolute Gasteiger partial charge is 0.239 e. The van der Waals surface area contributed by atoms with Crippen molar-refractivity contribution in [1.29, 1.82) is 0 Å². The SMILES string of the molecule is O=C(CN1CCN(C(=O)C23CC4CC(CC(C4)C2)C3)CC1)Nc1ccc(Br)cn1. The van der Waals surface area contributed by atoms with E-state index in [4.69, 9.17) is 0 Å². The van der Waals surface area contributed by atoms with Crippen LogP contribution in [0.2, 0.25) is 0 Å². The van der Waals surface area contributed by atoms with E-state index in [0.29, 0.717) is 18.3 Å². The van der Waals surface area contributed by atoms with Crippen molar-refractivity contribution in [2.24, 2.45) is 23.2 Å². The summed E-state index contributed by atoms with van der Waals surface area (Å²) in [4.78, 5) is 34.2. The van der Waals surface area contributed by atoms with Crippen LogP contribution in [0.1, 0.15) is 38.5 Å².